The molecule has 1 unspecified atom stereocenters. The van der Waals surface area contributed by atoms with Crippen LogP contribution in [0, 0.1) is 0 Å². The Morgan fingerprint density at radius 1 is 1.07 bits per heavy atom. The van der Waals surface area contributed by atoms with Crippen LogP contribution in [0.2, 0.25) is 0 Å². The van der Waals surface area contributed by atoms with E-state index in [-0.39, 0.29) is 18.0 Å². The van der Waals surface area contributed by atoms with Gasteiger partial charge in [0.15, 0.2) is 0 Å². The van der Waals surface area contributed by atoms with E-state index in [1.54, 1.807) is 29.2 Å². The van der Waals surface area contributed by atoms with Crippen molar-refractivity contribution < 1.29 is 19.1 Å². The molecule has 2 aromatic rings. The SMILES string of the molecule is CCN(C(=O)c1ccc(NC(=O)NCC2COCCO2)cc1)c1ccccc1. The van der Waals surface area contributed by atoms with Crippen LogP contribution in [-0.2, 0) is 9.47 Å². The van der Waals surface area contributed by atoms with E-state index in [0.29, 0.717) is 44.2 Å². The van der Waals surface area contributed by atoms with Crippen molar-refractivity contribution in [3.8, 4) is 0 Å². The highest BCUT2D eigenvalue weighted by molar-refractivity contribution is 6.06. The van der Waals surface area contributed by atoms with Gasteiger partial charge in [0, 0.05) is 30.0 Å². The van der Waals surface area contributed by atoms with Gasteiger partial charge in [-0.3, -0.25) is 4.79 Å². The molecule has 1 aliphatic rings. The Bertz CT molecular complexity index is 774. The summed E-state index contributed by atoms with van der Waals surface area (Å²) in [5, 5.41) is 5.51. The number of para-hydroxylation sites is 1. The van der Waals surface area contributed by atoms with Gasteiger partial charge in [-0.15, -0.1) is 0 Å². The summed E-state index contributed by atoms with van der Waals surface area (Å²) in [6, 6.07) is 16.1. The first kappa shape index (κ1) is 19.9. The number of nitrogens with zero attached hydrogens (tertiary/aromatic N) is 1. The van der Waals surface area contributed by atoms with Crippen molar-refractivity contribution in [1.82, 2.24) is 5.32 Å². The van der Waals surface area contributed by atoms with E-state index in [1.807, 2.05) is 37.3 Å². The van der Waals surface area contributed by atoms with Gasteiger partial charge in [-0.1, -0.05) is 18.2 Å². The van der Waals surface area contributed by atoms with Gasteiger partial charge in [0.05, 0.1) is 25.9 Å². The molecule has 3 amide bonds. The number of carbonyl (C=O) groups is 2. The number of urea groups is 1. The Morgan fingerprint density at radius 2 is 1.82 bits per heavy atom. The maximum atomic E-state index is 12.8. The van der Waals surface area contributed by atoms with Crippen LogP contribution in [0.5, 0.6) is 0 Å². The van der Waals surface area contributed by atoms with E-state index in [9.17, 15) is 9.59 Å². The fourth-order valence-corrected chi connectivity index (χ4v) is 2.94. The zero-order chi connectivity index (χ0) is 19.8. The van der Waals surface area contributed by atoms with E-state index in [0.717, 1.165) is 5.69 Å². The third-order valence-electron chi connectivity index (χ3n) is 4.39. The number of anilines is 2. The molecule has 1 saturated heterocycles. The monoisotopic (exact) mass is 383 g/mol. The summed E-state index contributed by atoms with van der Waals surface area (Å²) in [5.41, 5.74) is 2.02. The zero-order valence-corrected chi connectivity index (χ0v) is 15.9. The molecule has 3 rings (SSSR count). The molecule has 2 aromatic carbocycles. The molecule has 0 aromatic heterocycles. The summed E-state index contributed by atoms with van der Waals surface area (Å²) >= 11 is 0. The minimum absolute atomic E-state index is 0.0841. The maximum Gasteiger partial charge on any atom is 0.319 e. The van der Waals surface area contributed by atoms with Crippen LogP contribution in [0.25, 0.3) is 0 Å². The van der Waals surface area contributed by atoms with Crippen LogP contribution in [0.4, 0.5) is 16.2 Å². The third kappa shape index (κ3) is 5.31. The molecule has 0 radical (unpaired) electrons. The Hall–Kier alpha value is -2.90. The first-order valence-electron chi connectivity index (χ1n) is 9.38. The molecule has 7 nitrogen and oxygen atoms in total. The van der Waals surface area contributed by atoms with Crippen molar-refractivity contribution in [2.24, 2.45) is 0 Å². The van der Waals surface area contributed by atoms with Crippen molar-refractivity contribution in [3.63, 3.8) is 0 Å². The Kier molecular flexibility index (Phi) is 7.00. The lowest BCUT2D eigenvalue weighted by atomic mass is 10.1. The van der Waals surface area contributed by atoms with Gasteiger partial charge in [-0.05, 0) is 43.3 Å². The number of ether oxygens (including phenoxy) is 2. The Labute approximate surface area is 164 Å². The van der Waals surface area contributed by atoms with E-state index in [2.05, 4.69) is 10.6 Å². The second kappa shape index (κ2) is 9.87. The van der Waals surface area contributed by atoms with Gasteiger partial charge in [-0.25, -0.2) is 4.79 Å². The van der Waals surface area contributed by atoms with Gasteiger partial charge in [-0.2, -0.15) is 0 Å². The molecule has 0 bridgehead atoms. The predicted molar refractivity (Wildman–Crippen MR) is 108 cm³/mol. The topological polar surface area (TPSA) is 79.9 Å². The molecule has 1 atom stereocenters. The lowest BCUT2D eigenvalue weighted by molar-refractivity contribution is -0.0852. The lowest BCUT2D eigenvalue weighted by Crippen LogP contribution is -2.41. The second-order valence-electron chi connectivity index (χ2n) is 6.37. The molecule has 0 aliphatic carbocycles. The zero-order valence-electron chi connectivity index (χ0n) is 15.9. The first-order chi connectivity index (χ1) is 13.7. The number of rotatable bonds is 6. The van der Waals surface area contributed by atoms with Crippen LogP contribution in [0.15, 0.2) is 54.6 Å². The van der Waals surface area contributed by atoms with E-state index in [4.69, 9.17) is 9.47 Å². The molecule has 1 aliphatic heterocycles. The fraction of sp³-hybridized carbons (Fsp3) is 0.333. The van der Waals surface area contributed by atoms with Crippen LogP contribution in [0.3, 0.4) is 0 Å². The van der Waals surface area contributed by atoms with E-state index < -0.39 is 0 Å². The van der Waals surface area contributed by atoms with Gasteiger partial charge < -0.3 is 25.0 Å². The highest BCUT2D eigenvalue weighted by Gasteiger charge is 2.17. The summed E-state index contributed by atoms with van der Waals surface area (Å²) in [5.74, 6) is -0.0841. The fourth-order valence-electron chi connectivity index (χ4n) is 2.94. The van der Waals surface area contributed by atoms with Crippen molar-refractivity contribution in [3.05, 3.63) is 60.2 Å². The molecule has 2 N–H and O–H groups in total. The quantitative estimate of drug-likeness (QED) is 0.804. The highest BCUT2D eigenvalue weighted by atomic mass is 16.6. The van der Waals surface area contributed by atoms with Crippen LogP contribution in [-0.4, -0.2) is 51.0 Å². The average Bonchev–Trinajstić information content (AvgIpc) is 2.75. The summed E-state index contributed by atoms with van der Waals surface area (Å²) in [6.07, 6.45) is -0.127. The first-order valence-corrected chi connectivity index (χ1v) is 9.38. The minimum atomic E-state index is -0.326. The molecular formula is C21H25N3O4. The summed E-state index contributed by atoms with van der Waals surface area (Å²) < 4.78 is 10.8. The summed E-state index contributed by atoms with van der Waals surface area (Å²) in [6.45, 7) is 4.50. The van der Waals surface area contributed by atoms with Crippen LogP contribution < -0.4 is 15.5 Å². The van der Waals surface area contributed by atoms with Crippen molar-refractivity contribution in [1.29, 1.82) is 0 Å². The summed E-state index contributed by atoms with van der Waals surface area (Å²) in [7, 11) is 0. The largest absolute Gasteiger partial charge is 0.376 e. The molecule has 1 heterocycles. The highest BCUT2D eigenvalue weighted by Crippen LogP contribution is 2.18. The lowest BCUT2D eigenvalue weighted by Gasteiger charge is -2.23. The number of amides is 3. The standard InChI is InChI=1S/C21H25N3O4/c1-2-24(18-6-4-3-5-7-18)20(25)16-8-10-17(11-9-16)23-21(26)22-14-19-15-27-12-13-28-19/h3-11,19H,2,12-15H2,1H3,(H2,22,23,26). The van der Waals surface area contributed by atoms with Gasteiger partial charge in [0.1, 0.15) is 0 Å². The molecule has 28 heavy (non-hydrogen) atoms. The third-order valence-corrected chi connectivity index (χ3v) is 4.39. The van der Waals surface area contributed by atoms with Crippen LogP contribution >= 0.6 is 0 Å². The molecule has 7 heteroatoms. The smallest absolute Gasteiger partial charge is 0.319 e. The summed E-state index contributed by atoms with van der Waals surface area (Å²) in [4.78, 5) is 26.5. The Morgan fingerprint density at radius 3 is 2.46 bits per heavy atom. The maximum absolute atomic E-state index is 12.8. The van der Waals surface area contributed by atoms with Crippen molar-refractivity contribution in [2.45, 2.75) is 13.0 Å². The number of hydrogen-bond acceptors (Lipinski definition) is 4. The van der Waals surface area contributed by atoms with E-state index >= 15 is 0 Å². The van der Waals surface area contributed by atoms with E-state index in [1.165, 1.54) is 0 Å². The van der Waals surface area contributed by atoms with Gasteiger partial charge >= 0.3 is 6.03 Å². The van der Waals surface area contributed by atoms with Gasteiger partial charge in [0.25, 0.3) is 5.91 Å². The average molecular weight is 383 g/mol. The molecule has 0 saturated carbocycles. The molecule has 0 spiro atoms. The molecule has 148 valence electrons. The normalized spacial score (nSPS) is 16.2. The second-order valence-corrected chi connectivity index (χ2v) is 6.37. The van der Waals surface area contributed by atoms with Crippen molar-refractivity contribution in [2.75, 3.05) is 43.1 Å². The minimum Gasteiger partial charge on any atom is -0.376 e. The number of nitrogens with one attached hydrogen (secondary N) is 2. The predicted octanol–water partition coefficient (Wildman–Crippen LogP) is 2.89. The number of carbonyl (C=O) groups excluding carboxylic acids is 2. The molecular weight excluding hydrogens is 358 g/mol. The van der Waals surface area contributed by atoms with Crippen molar-refractivity contribution >= 4 is 23.3 Å². The molecule has 1 fully saturated rings. The van der Waals surface area contributed by atoms with Crippen LogP contribution in [0.1, 0.15) is 17.3 Å². The Balaban J connectivity index is 1.55. The number of hydrogen-bond donors (Lipinski definition) is 2. The number of benzene rings is 2. The van der Waals surface area contributed by atoms with Gasteiger partial charge in [0.2, 0.25) is 0 Å².